The van der Waals surface area contributed by atoms with Crippen LogP contribution in [0.2, 0.25) is 0 Å². The van der Waals surface area contributed by atoms with Gasteiger partial charge in [0.05, 0.1) is 11.0 Å². The van der Waals surface area contributed by atoms with Crippen LogP contribution in [0.1, 0.15) is 40.2 Å². The Kier molecular flexibility index (Phi) is 3.58. The zero-order valence-corrected chi connectivity index (χ0v) is 13.4. The summed E-state index contributed by atoms with van der Waals surface area (Å²) in [5.74, 6) is 0.728. The number of aromatic amines is 1. The van der Waals surface area contributed by atoms with Gasteiger partial charge in [-0.3, -0.25) is 4.79 Å². The van der Waals surface area contributed by atoms with Crippen molar-refractivity contribution >= 4 is 16.9 Å². The standard InChI is InChI=1S/C19H19N3O2/c1-11-14-5-3-2-4-12(14)8-16(11)22-19(24)13-6-7-15-17(9-13)21-18(10-23)20-15/h2-7,9,11,16,23H,8,10H2,1H3,(H,20,21)(H,22,24)/t11-,16+/m0/s1. The number of nitrogens with zero attached hydrogens (tertiary/aromatic N) is 1. The first-order valence-corrected chi connectivity index (χ1v) is 8.14. The number of amides is 1. The van der Waals surface area contributed by atoms with Crippen molar-refractivity contribution in [3.8, 4) is 0 Å². The van der Waals surface area contributed by atoms with Crippen molar-refractivity contribution in [1.82, 2.24) is 15.3 Å². The molecule has 1 aliphatic carbocycles. The molecule has 0 radical (unpaired) electrons. The minimum atomic E-state index is -0.145. The topological polar surface area (TPSA) is 78.0 Å². The van der Waals surface area contributed by atoms with Crippen LogP contribution in [0, 0.1) is 0 Å². The third-order valence-electron chi connectivity index (χ3n) is 4.85. The zero-order chi connectivity index (χ0) is 16.7. The molecule has 3 N–H and O–H groups in total. The highest BCUT2D eigenvalue weighted by Gasteiger charge is 2.30. The predicted molar refractivity (Wildman–Crippen MR) is 91.8 cm³/mol. The van der Waals surface area contributed by atoms with Crippen LogP contribution in [0.4, 0.5) is 0 Å². The van der Waals surface area contributed by atoms with Crippen molar-refractivity contribution in [2.45, 2.75) is 31.9 Å². The largest absolute Gasteiger partial charge is 0.388 e. The molecule has 0 aliphatic heterocycles. The molecule has 24 heavy (non-hydrogen) atoms. The molecule has 0 fully saturated rings. The average Bonchev–Trinajstić information content (AvgIpc) is 3.15. The Morgan fingerprint density at radius 1 is 1.33 bits per heavy atom. The van der Waals surface area contributed by atoms with E-state index in [9.17, 15) is 4.79 Å². The van der Waals surface area contributed by atoms with Gasteiger partial charge in [0.25, 0.3) is 5.91 Å². The lowest BCUT2D eigenvalue weighted by atomic mass is 10.0. The van der Waals surface area contributed by atoms with E-state index >= 15 is 0 Å². The minimum Gasteiger partial charge on any atom is -0.388 e. The molecule has 1 amide bonds. The first-order chi connectivity index (χ1) is 11.7. The smallest absolute Gasteiger partial charge is 0.251 e. The Balaban J connectivity index is 1.54. The third-order valence-corrected chi connectivity index (χ3v) is 4.85. The molecule has 2 atom stereocenters. The summed E-state index contributed by atoms with van der Waals surface area (Å²) in [7, 11) is 0. The molecule has 1 heterocycles. The molecule has 0 bridgehead atoms. The number of carbonyl (C=O) groups excluding carboxylic acids is 1. The molecular formula is C19H19N3O2. The second-order valence-corrected chi connectivity index (χ2v) is 6.35. The van der Waals surface area contributed by atoms with Gasteiger partial charge < -0.3 is 15.4 Å². The lowest BCUT2D eigenvalue weighted by Crippen LogP contribution is -2.37. The summed E-state index contributed by atoms with van der Waals surface area (Å²) in [6, 6.07) is 13.8. The van der Waals surface area contributed by atoms with Crippen molar-refractivity contribution < 1.29 is 9.90 Å². The number of carbonyl (C=O) groups is 1. The van der Waals surface area contributed by atoms with Crippen molar-refractivity contribution in [2.24, 2.45) is 0 Å². The normalized spacial score (nSPS) is 19.4. The van der Waals surface area contributed by atoms with Gasteiger partial charge in [0.2, 0.25) is 0 Å². The van der Waals surface area contributed by atoms with Crippen LogP contribution >= 0.6 is 0 Å². The van der Waals surface area contributed by atoms with Crippen LogP contribution in [-0.4, -0.2) is 27.0 Å². The Labute approximate surface area is 139 Å². The maximum absolute atomic E-state index is 12.6. The summed E-state index contributed by atoms with van der Waals surface area (Å²) >= 11 is 0. The molecule has 0 unspecified atom stereocenters. The maximum atomic E-state index is 12.6. The first kappa shape index (κ1) is 14.9. The van der Waals surface area contributed by atoms with Gasteiger partial charge in [-0.15, -0.1) is 0 Å². The third kappa shape index (κ3) is 2.47. The van der Waals surface area contributed by atoms with Crippen LogP contribution in [0.25, 0.3) is 11.0 Å². The molecule has 5 heteroatoms. The van der Waals surface area contributed by atoms with Crippen LogP contribution in [-0.2, 0) is 13.0 Å². The van der Waals surface area contributed by atoms with Crippen LogP contribution in [0.5, 0.6) is 0 Å². The molecule has 122 valence electrons. The fourth-order valence-corrected chi connectivity index (χ4v) is 3.50. The molecule has 1 aromatic heterocycles. The van der Waals surface area contributed by atoms with Gasteiger partial charge in [-0.25, -0.2) is 4.98 Å². The molecule has 1 aliphatic rings. The second kappa shape index (κ2) is 5.76. The summed E-state index contributed by atoms with van der Waals surface area (Å²) in [4.78, 5) is 19.9. The van der Waals surface area contributed by atoms with Crippen molar-refractivity contribution in [3.05, 3.63) is 65.0 Å². The van der Waals surface area contributed by atoms with E-state index in [0.717, 1.165) is 17.5 Å². The van der Waals surface area contributed by atoms with Gasteiger partial charge in [0, 0.05) is 17.5 Å². The van der Waals surface area contributed by atoms with E-state index in [2.05, 4.69) is 34.3 Å². The molecule has 0 spiro atoms. The van der Waals surface area contributed by atoms with Gasteiger partial charge >= 0.3 is 0 Å². The van der Waals surface area contributed by atoms with E-state index in [4.69, 9.17) is 5.11 Å². The highest BCUT2D eigenvalue weighted by molar-refractivity contribution is 5.97. The van der Waals surface area contributed by atoms with E-state index in [1.807, 2.05) is 12.1 Å². The molecule has 0 saturated heterocycles. The van der Waals surface area contributed by atoms with E-state index in [0.29, 0.717) is 17.3 Å². The lowest BCUT2D eigenvalue weighted by Gasteiger charge is -2.18. The van der Waals surface area contributed by atoms with Crippen molar-refractivity contribution in [3.63, 3.8) is 0 Å². The van der Waals surface area contributed by atoms with Gasteiger partial charge in [0.1, 0.15) is 12.4 Å². The Bertz CT molecular complexity index is 916. The number of nitrogens with one attached hydrogen (secondary N) is 2. The van der Waals surface area contributed by atoms with Crippen LogP contribution < -0.4 is 5.32 Å². The van der Waals surface area contributed by atoms with Crippen LogP contribution in [0.3, 0.4) is 0 Å². The quantitative estimate of drug-likeness (QED) is 0.693. The number of fused-ring (bicyclic) bond motifs is 2. The number of benzene rings is 2. The maximum Gasteiger partial charge on any atom is 0.251 e. The van der Waals surface area contributed by atoms with E-state index in [1.165, 1.54) is 11.1 Å². The van der Waals surface area contributed by atoms with E-state index < -0.39 is 0 Å². The van der Waals surface area contributed by atoms with Gasteiger partial charge in [0.15, 0.2) is 0 Å². The number of imidazole rings is 1. The number of hydrogen-bond donors (Lipinski definition) is 3. The summed E-state index contributed by atoms with van der Waals surface area (Å²) in [6.45, 7) is 2.01. The number of rotatable bonds is 3. The molecule has 5 nitrogen and oxygen atoms in total. The first-order valence-electron chi connectivity index (χ1n) is 8.14. The Hall–Kier alpha value is -2.66. The second-order valence-electron chi connectivity index (χ2n) is 6.35. The highest BCUT2D eigenvalue weighted by Crippen LogP contribution is 2.32. The summed E-state index contributed by atoms with van der Waals surface area (Å²) in [6.07, 6.45) is 0.865. The summed E-state index contributed by atoms with van der Waals surface area (Å²) in [5, 5.41) is 12.3. The van der Waals surface area contributed by atoms with E-state index in [-0.39, 0.29) is 18.6 Å². The lowest BCUT2D eigenvalue weighted by molar-refractivity contribution is 0.0934. The number of aliphatic hydroxyl groups is 1. The molecule has 4 rings (SSSR count). The monoisotopic (exact) mass is 321 g/mol. The van der Waals surface area contributed by atoms with Gasteiger partial charge in [-0.2, -0.15) is 0 Å². The molecular weight excluding hydrogens is 302 g/mol. The Morgan fingerprint density at radius 2 is 2.17 bits per heavy atom. The fourth-order valence-electron chi connectivity index (χ4n) is 3.50. The average molecular weight is 321 g/mol. The SMILES string of the molecule is C[C@H]1c2ccccc2C[C@H]1NC(=O)c1ccc2nc(CO)[nH]c2c1. The molecule has 0 saturated carbocycles. The number of hydrogen-bond acceptors (Lipinski definition) is 3. The van der Waals surface area contributed by atoms with Gasteiger partial charge in [-0.1, -0.05) is 31.2 Å². The zero-order valence-electron chi connectivity index (χ0n) is 13.4. The predicted octanol–water partition coefficient (Wildman–Crippen LogP) is 2.51. The molecule has 3 aromatic rings. The summed E-state index contributed by atoms with van der Waals surface area (Å²) in [5.41, 5.74) is 4.73. The Morgan fingerprint density at radius 3 is 2.96 bits per heavy atom. The van der Waals surface area contributed by atoms with E-state index in [1.54, 1.807) is 18.2 Å². The highest BCUT2D eigenvalue weighted by atomic mass is 16.3. The van der Waals surface area contributed by atoms with Crippen LogP contribution in [0.15, 0.2) is 42.5 Å². The number of aromatic nitrogens is 2. The van der Waals surface area contributed by atoms with Crippen molar-refractivity contribution in [1.29, 1.82) is 0 Å². The summed E-state index contributed by atoms with van der Waals surface area (Å²) < 4.78 is 0. The minimum absolute atomic E-state index is 0.0818. The molecule has 2 aromatic carbocycles. The number of H-pyrrole nitrogens is 1. The number of aliphatic hydroxyl groups excluding tert-OH is 1. The van der Waals surface area contributed by atoms with Crippen molar-refractivity contribution in [2.75, 3.05) is 0 Å². The fraction of sp³-hybridized carbons (Fsp3) is 0.263. The van der Waals surface area contributed by atoms with Gasteiger partial charge in [-0.05, 0) is 35.7 Å².